The number of hydrogen-bond acceptors (Lipinski definition) is 3. The van der Waals surface area contributed by atoms with Crippen LogP contribution in [0.3, 0.4) is 0 Å². The number of nitrogens with one attached hydrogen (secondary N) is 2. The summed E-state index contributed by atoms with van der Waals surface area (Å²) in [5.74, 6) is 0.0749. The summed E-state index contributed by atoms with van der Waals surface area (Å²) in [5, 5.41) is 13.7. The molecule has 1 aromatic heterocycles. The monoisotopic (exact) mass is 457 g/mol. The van der Waals surface area contributed by atoms with Crippen molar-refractivity contribution in [1.82, 2.24) is 10.3 Å². The average molecular weight is 459 g/mol. The van der Waals surface area contributed by atoms with Crippen molar-refractivity contribution in [2.24, 2.45) is 0 Å². The van der Waals surface area contributed by atoms with Gasteiger partial charge in [-0.1, -0.05) is 29.8 Å². The number of ether oxygens (including phenoxy) is 1. The highest BCUT2D eigenvalue weighted by molar-refractivity contribution is 9.10. The van der Waals surface area contributed by atoms with Gasteiger partial charge in [0.25, 0.3) is 5.91 Å². The molecule has 1 heterocycles. The number of carbonyl (C=O) groups is 1. The third-order valence-corrected chi connectivity index (χ3v) is 5.13. The van der Waals surface area contributed by atoms with Crippen LogP contribution in [0.2, 0.25) is 5.02 Å². The van der Waals surface area contributed by atoms with Crippen LogP contribution in [0.25, 0.3) is 17.0 Å². The lowest BCUT2D eigenvalue weighted by Gasteiger charge is -2.08. The molecule has 2 N–H and O–H groups in total. The Balaban J connectivity index is 1.68. The first-order chi connectivity index (χ1) is 13.5. The van der Waals surface area contributed by atoms with Crippen LogP contribution in [-0.2, 0) is 11.2 Å². The number of rotatable bonds is 6. The van der Waals surface area contributed by atoms with Crippen LogP contribution in [0.1, 0.15) is 11.1 Å². The summed E-state index contributed by atoms with van der Waals surface area (Å²) in [6.45, 7) is 0.423. The number of fused-ring (bicyclic) bond motifs is 1. The average Bonchev–Trinajstić information content (AvgIpc) is 3.09. The predicted octanol–water partition coefficient (Wildman–Crippen LogP) is 4.86. The number of aromatic nitrogens is 1. The Morgan fingerprint density at radius 2 is 2.18 bits per heavy atom. The highest BCUT2D eigenvalue weighted by Gasteiger charge is 2.12. The van der Waals surface area contributed by atoms with Gasteiger partial charge in [0.15, 0.2) is 5.75 Å². The Kier molecular flexibility index (Phi) is 6.40. The number of para-hydroxylation sites is 1. The second kappa shape index (κ2) is 8.96. The molecule has 0 spiro atoms. The van der Waals surface area contributed by atoms with Crippen molar-refractivity contribution in [2.45, 2.75) is 6.42 Å². The molecule has 0 aliphatic carbocycles. The molecule has 7 heteroatoms. The summed E-state index contributed by atoms with van der Waals surface area (Å²) in [4.78, 5) is 15.6. The molecule has 0 saturated carbocycles. The van der Waals surface area contributed by atoms with E-state index in [2.05, 4.69) is 26.2 Å². The van der Waals surface area contributed by atoms with Crippen molar-refractivity contribution < 1.29 is 9.53 Å². The molecule has 28 heavy (non-hydrogen) atoms. The maximum absolute atomic E-state index is 12.4. The van der Waals surface area contributed by atoms with Gasteiger partial charge < -0.3 is 15.0 Å². The third-order valence-electron chi connectivity index (χ3n) is 4.26. The lowest BCUT2D eigenvalue weighted by molar-refractivity contribution is -0.117. The van der Waals surface area contributed by atoms with E-state index in [4.69, 9.17) is 16.3 Å². The minimum atomic E-state index is -0.426. The third kappa shape index (κ3) is 4.38. The normalized spacial score (nSPS) is 11.3. The molecule has 0 saturated heterocycles. The van der Waals surface area contributed by atoms with Gasteiger partial charge in [0.2, 0.25) is 0 Å². The van der Waals surface area contributed by atoms with E-state index >= 15 is 0 Å². The molecule has 2 aromatic carbocycles. The zero-order valence-corrected chi connectivity index (χ0v) is 17.4. The van der Waals surface area contributed by atoms with E-state index in [0.29, 0.717) is 33.8 Å². The molecule has 0 aliphatic rings. The summed E-state index contributed by atoms with van der Waals surface area (Å²) >= 11 is 9.52. The number of nitrogens with zero attached hydrogens (tertiary/aromatic N) is 1. The van der Waals surface area contributed by atoms with Crippen LogP contribution in [0.4, 0.5) is 0 Å². The van der Waals surface area contributed by atoms with Gasteiger partial charge in [-0.25, -0.2) is 0 Å². The van der Waals surface area contributed by atoms with Gasteiger partial charge in [0.05, 0.1) is 16.6 Å². The fourth-order valence-corrected chi connectivity index (χ4v) is 3.98. The predicted molar refractivity (Wildman–Crippen MR) is 114 cm³/mol. The fourth-order valence-electron chi connectivity index (χ4n) is 2.92. The second-order valence-electron chi connectivity index (χ2n) is 6.05. The van der Waals surface area contributed by atoms with Gasteiger partial charge in [-0.3, -0.25) is 4.79 Å². The van der Waals surface area contributed by atoms with Gasteiger partial charge in [0, 0.05) is 23.6 Å². The van der Waals surface area contributed by atoms with Gasteiger partial charge >= 0.3 is 0 Å². The minimum absolute atomic E-state index is 0.00654. The number of benzene rings is 2. The van der Waals surface area contributed by atoms with Crippen LogP contribution < -0.4 is 10.1 Å². The van der Waals surface area contributed by atoms with Crippen molar-refractivity contribution in [3.8, 4) is 11.8 Å². The number of methoxy groups -OCH3 is 1. The van der Waals surface area contributed by atoms with Crippen LogP contribution in [-0.4, -0.2) is 24.5 Å². The Bertz CT molecular complexity index is 1080. The minimum Gasteiger partial charge on any atom is -0.494 e. The van der Waals surface area contributed by atoms with E-state index in [9.17, 15) is 10.1 Å². The Labute approximate surface area is 176 Å². The van der Waals surface area contributed by atoms with Gasteiger partial charge in [-0.15, -0.1) is 0 Å². The summed E-state index contributed by atoms with van der Waals surface area (Å²) in [6.07, 6.45) is 4.10. The maximum atomic E-state index is 12.4. The number of carbonyl (C=O) groups excluding carboxylic acids is 1. The van der Waals surface area contributed by atoms with E-state index in [1.807, 2.05) is 36.5 Å². The van der Waals surface area contributed by atoms with E-state index in [-0.39, 0.29) is 5.57 Å². The molecule has 0 radical (unpaired) electrons. The molecule has 142 valence electrons. The van der Waals surface area contributed by atoms with Crippen molar-refractivity contribution in [1.29, 1.82) is 5.26 Å². The van der Waals surface area contributed by atoms with Gasteiger partial charge in [-0.05, 0) is 57.8 Å². The zero-order chi connectivity index (χ0) is 20.1. The molecular formula is C21H17BrClN3O2. The molecule has 3 rings (SSSR count). The lowest BCUT2D eigenvalue weighted by Crippen LogP contribution is -2.26. The summed E-state index contributed by atoms with van der Waals surface area (Å²) in [7, 11) is 1.52. The Morgan fingerprint density at radius 1 is 1.39 bits per heavy atom. The first kappa shape index (κ1) is 20.0. The number of H-pyrrole nitrogens is 1. The van der Waals surface area contributed by atoms with Crippen LogP contribution in [0, 0.1) is 11.3 Å². The SMILES string of the molecule is COc1c(Cl)cc(/C=C(/C#N)C(=O)NCCc2c[nH]c3ccccc23)cc1Br. The molecule has 0 fully saturated rings. The lowest BCUT2D eigenvalue weighted by atomic mass is 10.1. The number of hydrogen-bond donors (Lipinski definition) is 2. The van der Waals surface area contributed by atoms with Crippen molar-refractivity contribution in [3.63, 3.8) is 0 Å². The first-order valence-electron chi connectivity index (χ1n) is 8.51. The van der Waals surface area contributed by atoms with E-state index in [1.54, 1.807) is 12.1 Å². The molecule has 0 atom stereocenters. The number of halogens is 2. The molecule has 0 unspecified atom stereocenters. The highest BCUT2D eigenvalue weighted by Crippen LogP contribution is 2.34. The molecule has 0 bridgehead atoms. The van der Waals surface area contributed by atoms with Gasteiger partial charge in [0.1, 0.15) is 11.6 Å². The number of aromatic amines is 1. The quantitative estimate of drug-likeness (QED) is 0.409. The topological polar surface area (TPSA) is 77.9 Å². The highest BCUT2D eigenvalue weighted by atomic mass is 79.9. The maximum Gasteiger partial charge on any atom is 0.261 e. The molecule has 3 aromatic rings. The van der Waals surface area contributed by atoms with Crippen LogP contribution in [0.15, 0.2) is 52.6 Å². The zero-order valence-electron chi connectivity index (χ0n) is 15.1. The van der Waals surface area contributed by atoms with Crippen LogP contribution >= 0.6 is 27.5 Å². The summed E-state index contributed by atoms with van der Waals surface area (Å²) < 4.78 is 5.83. The second-order valence-corrected chi connectivity index (χ2v) is 7.31. The smallest absolute Gasteiger partial charge is 0.261 e. The molecular weight excluding hydrogens is 442 g/mol. The number of nitriles is 1. The largest absolute Gasteiger partial charge is 0.494 e. The standard InChI is InChI=1S/C21H17BrClN3O2/c1-28-20-17(22)9-13(10-18(20)23)8-15(11-24)21(27)25-7-6-14-12-26-19-5-3-2-4-16(14)19/h2-5,8-10,12,26H,6-7H2,1H3,(H,25,27)/b15-8-. The summed E-state index contributed by atoms with van der Waals surface area (Å²) in [5.41, 5.74) is 2.81. The summed E-state index contributed by atoms with van der Waals surface area (Å²) in [6, 6.07) is 13.3. The Hall–Kier alpha value is -2.75. The fraction of sp³-hybridized carbons (Fsp3) is 0.143. The van der Waals surface area contributed by atoms with Crippen molar-refractivity contribution in [3.05, 3.63) is 68.8 Å². The number of amides is 1. The Morgan fingerprint density at radius 3 is 2.89 bits per heavy atom. The molecule has 1 amide bonds. The van der Waals surface area contributed by atoms with E-state index in [0.717, 1.165) is 16.5 Å². The first-order valence-corrected chi connectivity index (χ1v) is 9.68. The van der Waals surface area contributed by atoms with Crippen molar-refractivity contribution in [2.75, 3.05) is 13.7 Å². The van der Waals surface area contributed by atoms with Crippen LogP contribution in [0.5, 0.6) is 5.75 Å². The molecule has 5 nitrogen and oxygen atoms in total. The van der Waals surface area contributed by atoms with E-state index < -0.39 is 5.91 Å². The van der Waals surface area contributed by atoms with E-state index in [1.165, 1.54) is 13.2 Å². The van der Waals surface area contributed by atoms with Gasteiger partial charge in [-0.2, -0.15) is 5.26 Å². The van der Waals surface area contributed by atoms with Crippen molar-refractivity contribution >= 4 is 50.4 Å². The molecule has 0 aliphatic heterocycles.